The highest BCUT2D eigenvalue weighted by Gasteiger charge is 2.18. The van der Waals surface area contributed by atoms with Gasteiger partial charge in [-0.15, -0.1) is 0 Å². The van der Waals surface area contributed by atoms with Crippen LogP contribution in [0.15, 0.2) is 47.4 Å². The van der Waals surface area contributed by atoms with Gasteiger partial charge in [0.1, 0.15) is 23.6 Å². The monoisotopic (exact) mass is 447 g/mol. The van der Waals surface area contributed by atoms with Gasteiger partial charge in [0.15, 0.2) is 0 Å². The molecule has 1 N–H and O–H groups in total. The zero-order valence-corrected chi connectivity index (χ0v) is 19.2. The molecule has 2 aromatic heterocycles. The molecule has 0 atom stereocenters. The van der Waals surface area contributed by atoms with Crippen LogP contribution >= 0.6 is 0 Å². The third-order valence-electron chi connectivity index (χ3n) is 5.58. The fourth-order valence-corrected chi connectivity index (χ4v) is 3.61. The molecule has 0 spiro atoms. The largest absolute Gasteiger partial charge is 0.497 e. The minimum Gasteiger partial charge on any atom is -0.497 e. The molecule has 4 aromatic rings. The fourth-order valence-electron chi connectivity index (χ4n) is 3.61. The lowest BCUT2D eigenvalue weighted by atomic mass is 10.1. The molecule has 1 amide bonds. The first kappa shape index (κ1) is 22.1. The van der Waals surface area contributed by atoms with E-state index in [2.05, 4.69) is 15.5 Å². The summed E-state index contributed by atoms with van der Waals surface area (Å²) in [6.45, 7) is 5.56. The first-order valence-electron chi connectivity index (χ1n) is 10.4. The summed E-state index contributed by atoms with van der Waals surface area (Å²) in [5.74, 6) is 0.634. The summed E-state index contributed by atoms with van der Waals surface area (Å²) in [5.41, 5.74) is 4.06. The number of aryl methyl sites for hydroxylation is 3. The van der Waals surface area contributed by atoms with Crippen LogP contribution in [0.2, 0.25) is 0 Å². The van der Waals surface area contributed by atoms with Gasteiger partial charge < -0.3 is 14.8 Å². The van der Waals surface area contributed by atoms with E-state index in [9.17, 15) is 9.59 Å². The Balaban J connectivity index is 1.69. The molecule has 0 aliphatic carbocycles. The first-order valence-corrected chi connectivity index (χ1v) is 10.4. The second-order valence-corrected chi connectivity index (χ2v) is 7.75. The predicted molar refractivity (Wildman–Crippen MR) is 126 cm³/mol. The molecule has 0 saturated heterocycles. The van der Waals surface area contributed by atoms with Crippen molar-refractivity contribution in [1.82, 2.24) is 19.6 Å². The molecule has 9 heteroatoms. The summed E-state index contributed by atoms with van der Waals surface area (Å²) >= 11 is 0. The highest BCUT2D eigenvalue weighted by molar-refractivity contribution is 5.92. The van der Waals surface area contributed by atoms with E-state index < -0.39 is 11.5 Å². The number of nitrogens with one attached hydrogen (secondary N) is 1. The molecule has 2 heterocycles. The number of anilines is 1. The number of ether oxygens (including phenoxy) is 2. The second-order valence-electron chi connectivity index (χ2n) is 7.75. The van der Waals surface area contributed by atoms with Crippen LogP contribution in [-0.4, -0.2) is 39.7 Å². The number of amides is 1. The van der Waals surface area contributed by atoms with E-state index in [1.54, 1.807) is 43.1 Å². The maximum absolute atomic E-state index is 13.3. The van der Waals surface area contributed by atoms with Crippen molar-refractivity contribution in [3.05, 3.63) is 69.8 Å². The smallest absolute Gasteiger partial charge is 0.293 e. The second kappa shape index (κ2) is 8.78. The highest BCUT2D eigenvalue weighted by Crippen LogP contribution is 2.29. The van der Waals surface area contributed by atoms with Gasteiger partial charge in [0.25, 0.3) is 5.56 Å². The Kier molecular flexibility index (Phi) is 5.87. The predicted octanol–water partition coefficient (Wildman–Crippen LogP) is 3.16. The third kappa shape index (κ3) is 4.17. The van der Waals surface area contributed by atoms with Gasteiger partial charge in [-0.05, 0) is 56.2 Å². The lowest BCUT2D eigenvalue weighted by molar-refractivity contribution is -0.117. The van der Waals surface area contributed by atoms with Crippen molar-refractivity contribution in [3.8, 4) is 17.2 Å². The van der Waals surface area contributed by atoms with E-state index in [1.807, 2.05) is 32.0 Å². The summed E-state index contributed by atoms with van der Waals surface area (Å²) < 4.78 is 13.3. The van der Waals surface area contributed by atoms with E-state index in [0.29, 0.717) is 33.8 Å². The molecule has 170 valence electrons. The lowest BCUT2D eigenvalue weighted by Gasteiger charge is -2.12. The molecule has 0 saturated carbocycles. The van der Waals surface area contributed by atoms with Crippen LogP contribution in [0.25, 0.3) is 16.6 Å². The minimum absolute atomic E-state index is 0.261. The fraction of sp³-hybridized carbons (Fsp3) is 0.250. The Bertz CT molecular complexity index is 1420. The van der Waals surface area contributed by atoms with Gasteiger partial charge in [-0.25, -0.2) is 9.36 Å². The maximum atomic E-state index is 13.3. The average molecular weight is 447 g/mol. The standard InChI is InChI=1S/C24H25N5O4/c1-14-6-7-17(10-15(14)2)29-23-19(12-25-29)16(3)27-28(24(23)31)13-22(30)26-20-9-8-18(32-4)11-21(20)33-5/h6-12H,13H2,1-5H3,(H,26,30). The molecule has 4 rings (SSSR count). The van der Waals surface area contributed by atoms with E-state index in [-0.39, 0.29) is 6.54 Å². The van der Waals surface area contributed by atoms with Crippen LogP contribution in [0.4, 0.5) is 5.69 Å². The molecule has 2 aromatic carbocycles. The van der Waals surface area contributed by atoms with Crippen molar-refractivity contribution in [3.63, 3.8) is 0 Å². The van der Waals surface area contributed by atoms with Crippen molar-refractivity contribution in [2.45, 2.75) is 27.3 Å². The Labute approximate surface area is 190 Å². The van der Waals surface area contributed by atoms with Crippen LogP contribution in [0, 0.1) is 20.8 Å². The van der Waals surface area contributed by atoms with E-state index in [1.165, 1.54) is 7.11 Å². The zero-order chi connectivity index (χ0) is 23.7. The number of nitrogens with zero attached hydrogens (tertiary/aromatic N) is 4. The Morgan fingerprint density at radius 3 is 2.52 bits per heavy atom. The third-order valence-corrected chi connectivity index (χ3v) is 5.58. The molecule has 0 aliphatic heterocycles. The molecule has 0 fully saturated rings. The first-order chi connectivity index (χ1) is 15.8. The molecule has 0 aliphatic rings. The zero-order valence-electron chi connectivity index (χ0n) is 19.2. The van der Waals surface area contributed by atoms with Crippen LogP contribution in [0.3, 0.4) is 0 Å². The molecular weight excluding hydrogens is 422 g/mol. The van der Waals surface area contributed by atoms with Crippen LogP contribution in [0.5, 0.6) is 11.5 Å². The topological polar surface area (TPSA) is 100 Å². The van der Waals surface area contributed by atoms with E-state index >= 15 is 0 Å². The Morgan fingerprint density at radius 1 is 1.03 bits per heavy atom. The number of benzene rings is 2. The summed E-state index contributed by atoms with van der Waals surface area (Å²) in [6.07, 6.45) is 1.63. The SMILES string of the molecule is COc1ccc(NC(=O)Cn2nc(C)c3cnn(-c4ccc(C)c(C)c4)c3c2=O)c(OC)c1. The quantitative estimate of drug-likeness (QED) is 0.487. The molecule has 9 nitrogen and oxygen atoms in total. The highest BCUT2D eigenvalue weighted by atomic mass is 16.5. The van der Waals surface area contributed by atoms with Gasteiger partial charge in [0.2, 0.25) is 5.91 Å². The molecule has 33 heavy (non-hydrogen) atoms. The van der Waals surface area contributed by atoms with Crippen LogP contribution in [-0.2, 0) is 11.3 Å². The molecule has 0 unspecified atom stereocenters. The molecule has 0 bridgehead atoms. The number of carbonyl (C=O) groups excluding carboxylic acids is 1. The number of aromatic nitrogens is 4. The number of methoxy groups -OCH3 is 2. The molecular formula is C24H25N5O4. The van der Waals surface area contributed by atoms with Gasteiger partial charge in [-0.1, -0.05) is 6.07 Å². The van der Waals surface area contributed by atoms with Crippen molar-refractivity contribution in [1.29, 1.82) is 0 Å². The molecule has 0 radical (unpaired) electrons. The average Bonchev–Trinajstić information content (AvgIpc) is 3.25. The number of hydrogen-bond donors (Lipinski definition) is 1. The van der Waals surface area contributed by atoms with Crippen LogP contribution in [0.1, 0.15) is 16.8 Å². The summed E-state index contributed by atoms with van der Waals surface area (Å²) in [4.78, 5) is 26.1. The van der Waals surface area contributed by atoms with E-state index in [4.69, 9.17) is 9.47 Å². The number of hydrogen-bond acceptors (Lipinski definition) is 6. The summed E-state index contributed by atoms with van der Waals surface area (Å²) in [7, 11) is 3.05. The van der Waals surface area contributed by atoms with Crippen molar-refractivity contribution >= 4 is 22.5 Å². The Hall–Kier alpha value is -4.14. The van der Waals surface area contributed by atoms with Gasteiger partial charge in [-0.3, -0.25) is 9.59 Å². The summed E-state index contributed by atoms with van der Waals surface area (Å²) in [5, 5.41) is 12.2. The normalized spacial score (nSPS) is 10.9. The minimum atomic E-state index is -0.413. The van der Waals surface area contributed by atoms with Crippen molar-refractivity contribution in [2.24, 2.45) is 0 Å². The van der Waals surface area contributed by atoms with Gasteiger partial charge >= 0.3 is 0 Å². The van der Waals surface area contributed by atoms with E-state index in [0.717, 1.165) is 21.5 Å². The number of fused-ring (bicyclic) bond motifs is 1. The maximum Gasteiger partial charge on any atom is 0.293 e. The van der Waals surface area contributed by atoms with Gasteiger partial charge in [0, 0.05) is 11.5 Å². The summed E-state index contributed by atoms with van der Waals surface area (Å²) in [6, 6.07) is 10.9. The number of rotatable bonds is 6. The van der Waals surface area contributed by atoms with Crippen molar-refractivity contribution in [2.75, 3.05) is 19.5 Å². The van der Waals surface area contributed by atoms with Gasteiger partial charge in [0.05, 0.1) is 37.5 Å². The lowest BCUT2D eigenvalue weighted by Crippen LogP contribution is -2.31. The van der Waals surface area contributed by atoms with Gasteiger partial charge in [-0.2, -0.15) is 10.2 Å². The van der Waals surface area contributed by atoms with Crippen molar-refractivity contribution < 1.29 is 14.3 Å². The van der Waals surface area contributed by atoms with Crippen LogP contribution < -0.4 is 20.3 Å². The number of carbonyl (C=O) groups is 1. The Morgan fingerprint density at radius 2 is 1.82 bits per heavy atom.